The SMILES string of the molecule is CC1(C)Oc2ccc(S(C)(=O)=O)cc2NC1CN1C(=O)CCC1=O. The van der Waals surface area contributed by atoms with Crippen LogP contribution < -0.4 is 10.1 Å². The molecule has 1 aromatic rings. The normalized spacial score (nSPS) is 22.8. The fourth-order valence-corrected chi connectivity index (χ4v) is 3.58. The monoisotopic (exact) mass is 352 g/mol. The molecule has 1 aromatic carbocycles. The van der Waals surface area contributed by atoms with Crippen LogP contribution in [0.5, 0.6) is 5.75 Å². The van der Waals surface area contributed by atoms with Crippen molar-refractivity contribution < 1.29 is 22.7 Å². The minimum atomic E-state index is -3.34. The van der Waals surface area contributed by atoms with Crippen molar-refractivity contribution >= 4 is 27.3 Å². The van der Waals surface area contributed by atoms with E-state index in [9.17, 15) is 18.0 Å². The first-order valence-corrected chi connectivity index (χ1v) is 9.60. The number of rotatable bonds is 3. The second kappa shape index (κ2) is 5.47. The van der Waals surface area contributed by atoms with Gasteiger partial charge in [-0.1, -0.05) is 0 Å². The quantitative estimate of drug-likeness (QED) is 0.822. The number of fused-ring (bicyclic) bond motifs is 1. The summed E-state index contributed by atoms with van der Waals surface area (Å²) in [4.78, 5) is 25.1. The van der Waals surface area contributed by atoms with Crippen LogP contribution in [-0.2, 0) is 19.4 Å². The van der Waals surface area contributed by atoms with Gasteiger partial charge in [-0.25, -0.2) is 8.42 Å². The Morgan fingerprint density at radius 1 is 1.25 bits per heavy atom. The third-order valence-electron chi connectivity index (χ3n) is 4.44. The molecular formula is C16H20N2O5S. The maximum Gasteiger partial charge on any atom is 0.229 e. The summed E-state index contributed by atoms with van der Waals surface area (Å²) in [6.45, 7) is 3.92. The second-order valence-corrected chi connectivity index (χ2v) is 8.75. The number of nitrogens with zero attached hydrogens (tertiary/aromatic N) is 1. The first-order chi connectivity index (χ1) is 11.1. The average Bonchev–Trinajstić information content (AvgIpc) is 2.77. The number of imide groups is 1. The molecule has 7 nitrogen and oxygen atoms in total. The highest BCUT2D eigenvalue weighted by Crippen LogP contribution is 2.38. The zero-order valence-electron chi connectivity index (χ0n) is 13.8. The maximum atomic E-state index is 11.9. The van der Waals surface area contributed by atoms with Gasteiger partial charge in [0.25, 0.3) is 0 Å². The number of hydrogen-bond acceptors (Lipinski definition) is 6. The molecule has 24 heavy (non-hydrogen) atoms. The van der Waals surface area contributed by atoms with Crippen molar-refractivity contribution in [3.63, 3.8) is 0 Å². The van der Waals surface area contributed by atoms with Gasteiger partial charge in [0.05, 0.1) is 23.2 Å². The Balaban J connectivity index is 1.90. The lowest BCUT2D eigenvalue weighted by Crippen LogP contribution is -2.55. The molecular weight excluding hydrogens is 332 g/mol. The Bertz CT molecular complexity index is 800. The molecule has 2 aliphatic rings. The van der Waals surface area contributed by atoms with Crippen LogP contribution in [0, 0.1) is 0 Å². The molecule has 1 fully saturated rings. The molecule has 1 N–H and O–H groups in total. The van der Waals surface area contributed by atoms with Crippen molar-refractivity contribution in [1.82, 2.24) is 4.90 Å². The third kappa shape index (κ3) is 2.98. The fraction of sp³-hybridized carbons (Fsp3) is 0.500. The van der Waals surface area contributed by atoms with Crippen molar-refractivity contribution in [2.45, 2.75) is 43.2 Å². The summed E-state index contributed by atoms with van der Waals surface area (Å²) in [5, 5.41) is 3.23. The average molecular weight is 352 g/mol. The summed E-state index contributed by atoms with van der Waals surface area (Å²) in [6, 6.07) is 4.29. The van der Waals surface area contributed by atoms with Crippen molar-refractivity contribution in [2.24, 2.45) is 0 Å². The van der Waals surface area contributed by atoms with E-state index in [1.807, 2.05) is 13.8 Å². The summed E-state index contributed by atoms with van der Waals surface area (Å²) in [6.07, 6.45) is 1.62. The lowest BCUT2D eigenvalue weighted by molar-refractivity contribution is -0.139. The van der Waals surface area contributed by atoms with E-state index in [1.54, 1.807) is 6.07 Å². The molecule has 0 aliphatic carbocycles. The lowest BCUT2D eigenvalue weighted by atomic mass is 9.95. The molecule has 0 bridgehead atoms. The van der Waals surface area contributed by atoms with E-state index in [1.165, 1.54) is 17.0 Å². The summed E-state index contributed by atoms with van der Waals surface area (Å²) in [7, 11) is -3.34. The number of nitrogens with one attached hydrogen (secondary N) is 1. The molecule has 8 heteroatoms. The largest absolute Gasteiger partial charge is 0.483 e. The predicted octanol–water partition coefficient (Wildman–Crippen LogP) is 1.19. The Labute approximate surface area is 140 Å². The van der Waals surface area contributed by atoms with E-state index in [0.29, 0.717) is 11.4 Å². The van der Waals surface area contributed by atoms with Gasteiger partial charge in [-0.3, -0.25) is 14.5 Å². The van der Waals surface area contributed by atoms with Crippen molar-refractivity contribution in [1.29, 1.82) is 0 Å². The number of hydrogen-bond donors (Lipinski definition) is 1. The van der Waals surface area contributed by atoms with Gasteiger partial charge >= 0.3 is 0 Å². The van der Waals surface area contributed by atoms with Crippen LogP contribution in [0.3, 0.4) is 0 Å². The summed E-state index contributed by atoms with van der Waals surface area (Å²) < 4.78 is 29.4. The lowest BCUT2D eigenvalue weighted by Gasteiger charge is -2.42. The highest BCUT2D eigenvalue weighted by atomic mass is 32.2. The van der Waals surface area contributed by atoms with Gasteiger partial charge in [0.15, 0.2) is 9.84 Å². The van der Waals surface area contributed by atoms with Crippen LogP contribution >= 0.6 is 0 Å². The maximum absolute atomic E-state index is 11.9. The Morgan fingerprint density at radius 3 is 2.46 bits per heavy atom. The summed E-state index contributed by atoms with van der Waals surface area (Å²) in [5.74, 6) is 0.171. The van der Waals surface area contributed by atoms with Gasteiger partial charge < -0.3 is 10.1 Å². The second-order valence-electron chi connectivity index (χ2n) is 6.73. The third-order valence-corrected chi connectivity index (χ3v) is 5.55. The molecule has 130 valence electrons. The van der Waals surface area contributed by atoms with Crippen LogP contribution in [0.2, 0.25) is 0 Å². The van der Waals surface area contributed by atoms with Crippen LogP contribution in [0.15, 0.2) is 23.1 Å². The molecule has 3 rings (SSSR count). The van der Waals surface area contributed by atoms with Gasteiger partial charge in [-0.05, 0) is 32.0 Å². The Hall–Kier alpha value is -2.09. The number of benzene rings is 1. The zero-order chi connectivity index (χ0) is 17.7. The molecule has 1 saturated heterocycles. The molecule has 0 radical (unpaired) electrons. The molecule has 1 unspecified atom stereocenters. The number of sulfone groups is 1. The number of ether oxygens (including phenoxy) is 1. The number of anilines is 1. The molecule has 0 spiro atoms. The minimum absolute atomic E-state index is 0.184. The smallest absolute Gasteiger partial charge is 0.229 e. The summed E-state index contributed by atoms with van der Waals surface area (Å²) in [5.41, 5.74) is -0.121. The van der Waals surface area contributed by atoms with Crippen LogP contribution in [-0.4, -0.2) is 49.6 Å². The Morgan fingerprint density at radius 2 is 1.88 bits per heavy atom. The molecule has 1 atom stereocenters. The molecule has 2 aliphatic heterocycles. The first kappa shape index (κ1) is 16.8. The highest BCUT2D eigenvalue weighted by molar-refractivity contribution is 7.90. The van der Waals surface area contributed by atoms with E-state index in [0.717, 1.165) is 6.26 Å². The summed E-state index contributed by atoms with van der Waals surface area (Å²) >= 11 is 0. The topological polar surface area (TPSA) is 92.8 Å². The standard InChI is InChI=1S/C16H20N2O5S/c1-16(2)13(9-18-14(19)6-7-15(18)20)17-11-8-10(24(3,21)22)4-5-12(11)23-16/h4-5,8,13,17H,6-7,9H2,1-3H3. The Kier molecular flexibility index (Phi) is 3.82. The van der Waals surface area contributed by atoms with Gasteiger partial charge in [0, 0.05) is 19.1 Å². The van der Waals surface area contributed by atoms with Crippen LogP contribution in [0.4, 0.5) is 5.69 Å². The number of amides is 2. The highest BCUT2D eigenvalue weighted by Gasteiger charge is 2.41. The van der Waals surface area contributed by atoms with Gasteiger partial charge in [0.2, 0.25) is 11.8 Å². The zero-order valence-corrected chi connectivity index (χ0v) is 14.6. The van der Waals surface area contributed by atoms with Crippen molar-refractivity contribution in [2.75, 3.05) is 18.1 Å². The van der Waals surface area contributed by atoms with Crippen LogP contribution in [0.1, 0.15) is 26.7 Å². The molecule has 0 saturated carbocycles. The van der Waals surface area contributed by atoms with E-state index in [4.69, 9.17) is 4.74 Å². The van der Waals surface area contributed by atoms with E-state index < -0.39 is 15.4 Å². The number of likely N-dealkylation sites (tertiary alicyclic amines) is 1. The van der Waals surface area contributed by atoms with E-state index >= 15 is 0 Å². The molecule has 2 amide bonds. The molecule has 0 aromatic heterocycles. The minimum Gasteiger partial charge on any atom is -0.483 e. The predicted molar refractivity (Wildman–Crippen MR) is 87.6 cm³/mol. The number of carbonyl (C=O) groups is 2. The first-order valence-electron chi connectivity index (χ1n) is 7.71. The van der Waals surface area contributed by atoms with E-state index in [2.05, 4.69) is 5.32 Å². The van der Waals surface area contributed by atoms with Gasteiger partial charge in [-0.2, -0.15) is 0 Å². The van der Waals surface area contributed by atoms with Crippen LogP contribution in [0.25, 0.3) is 0 Å². The molecule has 2 heterocycles. The van der Waals surface area contributed by atoms with Gasteiger partial charge in [0.1, 0.15) is 11.4 Å². The van der Waals surface area contributed by atoms with Crippen molar-refractivity contribution in [3.8, 4) is 5.75 Å². The van der Waals surface area contributed by atoms with Crippen molar-refractivity contribution in [3.05, 3.63) is 18.2 Å². The fourth-order valence-electron chi connectivity index (χ4n) is 2.93. The van der Waals surface area contributed by atoms with Gasteiger partial charge in [-0.15, -0.1) is 0 Å². The number of carbonyl (C=O) groups excluding carboxylic acids is 2. The van der Waals surface area contributed by atoms with E-state index in [-0.39, 0.29) is 42.1 Å².